The van der Waals surface area contributed by atoms with Crippen molar-refractivity contribution in [1.29, 1.82) is 5.26 Å². The normalized spacial score (nSPS) is 11.4. The van der Waals surface area contributed by atoms with Crippen molar-refractivity contribution in [3.63, 3.8) is 0 Å². The molecule has 1 aromatic rings. The van der Waals surface area contributed by atoms with E-state index in [4.69, 9.17) is 11.0 Å². The average Bonchev–Trinajstić information content (AvgIpc) is 2.33. The van der Waals surface area contributed by atoms with Gasteiger partial charge in [-0.3, -0.25) is 0 Å². The van der Waals surface area contributed by atoms with Crippen molar-refractivity contribution in [3.05, 3.63) is 23.8 Å². The molecule has 1 aromatic carbocycles. The van der Waals surface area contributed by atoms with Crippen molar-refractivity contribution in [2.75, 3.05) is 18.8 Å². The molecule has 0 unspecified atom stereocenters. The Morgan fingerprint density at radius 3 is 2.61 bits per heavy atom. The number of aryl methyl sites for hydroxylation is 1. The highest BCUT2D eigenvalue weighted by atomic mass is 32.2. The van der Waals surface area contributed by atoms with E-state index in [2.05, 4.69) is 0 Å². The van der Waals surface area contributed by atoms with Crippen molar-refractivity contribution in [2.24, 2.45) is 0 Å². The molecule has 0 bridgehead atoms. The second-order valence-electron chi connectivity index (χ2n) is 3.92. The topological polar surface area (TPSA) is 87.2 Å². The van der Waals surface area contributed by atoms with E-state index < -0.39 is 10.0 Å². The standard InChI is InChI=1S/C12H17N3O2S/c1-3-15(8-4-7-13)18(16,17)11-5-6-12(14)10(2)9-11/h5-6,9H,3-4,8,14H2,1-2H3. The van der Waals surface area contributed by atoms with Gasteiger partial charge in [-0.15, -0.1) is 0 Å². The summed E-state index contributed by atoms with van der Waals surface area (Å²) >= 11 is 0. The Hall–Kier alpha value is -1.58. The van der Waals surface area contributed by atoms with Gasteiger partial charge in [0.2, 0.25) is 10.0 Å². The number of nitriles is 1. The van der Waals surface area contributed by atoms with Crippen LogP contribution in [0.3, 0.4) is 0 Å². The molecule has 18 heavy (non-hydrogen) atoms. The number of hydrogen-bond acceptors (Lipinski definition) is 4. The van der Waals surface area contributed by atoms with Crippen LogP contribution in [0.25, 0.3) is 0 Å². The quantitative estimate of drug-likeness (QED) is 0.819. The first-order valence-corrected chi connectivity index (χ1v) is 7.10. The molecule has 1 rings (SSSR count). The highest BCUT2D eigenvalue weighted by Gasteiger charge is 2.22. The van der Waals surface area contributed by atoms with E-state index in [1.165, 1.54) is 10.4 Å². The van der Waals surface area contributed by atoms with Gasteiger partial charge in [0.1, 0.15) is 0 Å². The monoisotopic (exact) mass is 267 g/mol. The van der Waals surface area contributed by atoms with Gasteiger partial charge in [-0.25, -0.2) is 8.42 Å². The van der Waals surface area contributed by atoms with Crippen LogP contribution in [0.2, 0.25) is 0 Å². The van der Waals surface area contributed by atoms with Gasteiger partial charge in [0.05, 0.1) is 11.0 Å². The maximum atomic E-state index is 12.3. The Bertz CT molecular complexity index is 561. The first-order chi connectivity index (χ1) is 8.43. The summed E-state index contributed by atoms with van der Waals surface area (Å²) in [6, 6.07) is 6.58. The van der Waals surface area contributed by atoms with Gasteiger partial charge < -0.3 is 5.73 Å². The number of rotatable bonds is 5. The number of anilines is 1. The molecule has 0 amide bonds. The van der Waals surface area contributed by atoms with Crippen LogP contribution in [-0.2, 0) is 10.0 Å². The van der Waals surface area contributed by atoms with Crippen LogP contribution in [0, 0.1) is 18.3 Å². The zero-order valence-corrected chi connectivity index (χ0v) is 11.4. The maximum Gasteiger partial charge on any atom is 0.243 e. The Morgan fingerprint density at radius 1 is 1.44 bits per heavy atom. The van der Waals surface area contributed by atoms with Gasteiger partial charge in [-0.1, -0.05) is 6.92 Å². The van der Waals surface area contributed by atoms with Gasteiger partial charge in [0, 0.05) is 25.2 Å². The molecule has 6 heteroatoms. The minimum Gasteiger partial charge on any atom is -0.399 e. The summed E-state index contributed by atoms with van der Waals surface area (Å²) in [4.78, 5) is 0.217. The van der Waals surface area contributed by atoms with Gasteiger partial charge in [0.25, 0.3) is 0 Å². The third-order valence-corrected chi connectivity index (χ3v) is 4.68. The molecule has 98 valence electrons. The van der Waals surface area contributed by atoms with Crippen LogP contribution in [0.5, 0.6) is 0 Å². The SMILES string of the molecule is CCN(CCC#N)S(=O)(=O)c1ccc(N)c(C)c1. The number of nitrogens with zero attached hydrogens (tertiary/aromatic N) is 2. The summed E-state index contributed by atoms with van der Waals surface area (Å²) in [6.07, 6.45) is 0.182. The van der Waals surface area contributed by atoms with Crippen LogP contribution in [0.1, 0.15) is 18.9 Å². The largest absolute Gasteiger partial charge is 0.399 e. The Morgan fingerprint density at radius 2 is 2.11 bits per heavy atom. The molecule has 0 aliphatic heterocycles. The van der Waals surface area contributed by atoms with Gasteiger partial charge in [-0.2, -0.15) is 9.57 Å². The summed E-state index contributed by atoms with van der Waals surface area (Å²) in [7, 11) is -3.54. The molecule has 2 N–H and O–H groups in total. The Kier molecular flexibility index (Phi) is 4.70. The minimum atomic E-state index is -3.54. The minimum absolute atomic E-state index is 0.182. The highest BCUT2D eigenvalue weighted by molar-refractivity contribution is 7.89. The number of benzene rings is 1. The molecule has 0 aromatic heterocycles. The van der Waals surface area contributed by atoms with Crippen molar-refractivity contribution < 1.29 is 8.42 Å². The van der Waals surface area contributed by atoms with Crippen molar-refractivity contribution >= 4 is 15.7 Å². The van der Waals surface area contributed by atoms with Crippen LogP contribution in [0.4, 0.5) is 5.69 Å². The van der Waals surface area contributed by atoms with Crippen LogP contribution < -0.4 is 5.73 Å². The van der Waals surface area contributed by atoms with E-state index in [-0.39, 0.29) is 17.9 Å². The molecule has 0 saturated heterocycles. The van der Waals surface area contributed by atoms with Crippen LogP contribution in [-0.4, -0.2) is 25.8 Å². The van der Waals surface area contributed by atoms with E-state index in [1.807, 2.05) is 6.07 Å². The average molecular weight is 267 g/mol. The number of hydrogen-bond donors (Lipinski definition) is 1. The van der Waals surface area contributed by atoms with Crippen LogP contribution >= 0.6 is 0 Å². The van der Waals surface area contributed by atoms with Gasteiger partial charge >= 0.3 is 0 Å². The third-order valence-electron chi connectivity index (χ3n) is 2.70. The molecular formula is C12H17N3O2S. The van der Waals surface area contributed by atoms with E-state index in [0.717, 1.165) is 5.56 Å². The lowest BCUT2D eigenvalue weighted by Gasteiger charge is -2.19. The number of nitrogen functional groups attached to an aromatic ring is 1. The lowest BCUT2D eigenvalue weighted by molar-refractivity contribution is 0.435. The summed E-state index contributed by atoms with van der Waals surface area (Å²) in [6.45, 7) is 4.06. The first-order valence-electron chi connectivity index (χ1n) is 5.66. The van der Waals surface area contributed by atoms with Gasteiger partial charge in [-0.05, 0) is 30.7 Å². The Labute approximate surface area is 108 Å². The molecule has 0 aliphatic rings. The molecule has 0 fully saturated rings. The fourth-order valence-electron chi connectivity index (χ4n) is 1.58. The second-order valence-corrected chi connectivity index (χ2v) is 5.86. The summed E-state index contributed by atoms with van der Waals surface area (Å²) in [5.74, 6) is 0. The smallest absolute Gasteiger partial charge is 0.243 e. The summed E-state index contributed by atoms with van der Waals surface area (Å²) < 4.78 is 25.9. The molecule has 0 aliphatic carbocycles. The van der Waals surface area contributed by atoms with Crippen molar-refractivity contribution in [3.8, 4) is 6.07 Å². The fraction of sp³-hybridized carbons (Fsp3) is 0.417. The maximum absolute atomic E-state index is 12.3. The van der Waals surface area contributed by atoms with E-state index in [1.54, 1.807) is 26.0 Å². The summed E-state index contributed by atoms with van der Waals surface area (Å²) in [5.41, 5.74) is 6.96. The van der Waals surface area contributed by atoms with Gasteiger partial charge in [0.15, 0.2) is 0 Å². The Balaban J connectivity index is 3.11. The van der Waals surface area contributed by atoms with E-state index in [0.29, 0.717) is 12.2 Å². The van der Waals surface area contributed by atoms with Crippen molar-refractivity contribution in [1.82, 2.24) is 4.31 Å². The molecule has 0 radical (unpaired) electrons. The number of nitrogens with two attached hydrogens (primary N) is 1. The highest BCUT2D eigenvalue weighted by Crippen LogP contribution is 2.20. The predicted octanol–water partition coefficient (Wildman–Crippen LogP) is 1.50. The molecule has 5 nitrogen and oxygen atoms in total. The molecule has 0 saturated carbocycles. The fourth-order valence-corrected chi connectivity index (χ4v) is 3.12. The number of sulfonamides is 1. The summed E-state index contributed by atoms with van der Waals surface area (Å²) in [5, 5.41) is 8.54. The molecule has 0 heterocycles. The zero-order valence-electron chi connectivity index (χ0n) is 10.5. The lowest BCUT2D eigenvalue weighted by Crippen LogP contribution is -2.31. The third kappa shape index (κ3) is 3.00. The molecular weight excluding hydrogens is 250 g/mol. The van der Waals surface area contributed by atoms with E-state index in [9.17, 15) is 8.42 Å². The van der Waals surface area contributed by atoms with E-state index >= 15 is 0 Å². The second kappa shape index (κ2) is 5.85. The predicted molar refractivity (Wildman–Crippen MR) is 70.3 cm³/mol. The molecule has 0 atom stereocenters. The van der Waals surface area contributed by atoms with Crippen molar-refractivity contribution in [2.45, 2.75) is 25.2 Å². The zero-order chi connectivity index (χ0) is 13.8. The first kappa shape index (κ1) is 14.5. The molecule has 0 spiro atoms. The van der Waals surface area contributed by atoms with Crippen LogP contribution in [0.15, 0.2) is 23.1 Å². The lowest BCUT2D eigenvalue weighted by atomic mass is 10.2.